The van der Waals surface area contributed by atoms with Gasteiger partial charge in [0.2, 0.25) is 0 Å². The van der Waals surface area contributed by atoms with Gasteiger partial charge in [0.25, 0.3) is 0 Å². The van der Waals surface area contributed by atoms with Crippen LogP contribution in [0.25, 0.3) is 0 Å². The first-order valence-corrected chi connectivity index (χ1v) is 4.59. The van der Waals surface area contributed by atoms with Gasteiger partial charge in [-0.05, 0) is 19.5 Å². The summed E-state index contributed by atoms with van der Waals surface area (Å²) in [5.74, 6) is 0.720. The predicted octanol–water partition coefficient (Wildman–Crippen LogP) is 0.727. The molecule has 4 nitrogen and oxygen atoms in total. The molecular formula is C8H17ClN4. The third-order valence-electron chi connectivity index (χ3n) is 1.35. The van der Waals surface area contributed by atoms with Crippen LogP contribution in [0.4, 0.5) is 0 Å². The standard InChI is InChI=1S/C8H17ClN4/c1-3-12-7(13-8(10)11)5-4-6(2)9/h3,6,8H,1,4-5,10-11H2,2H3,(H,12,13). The fraction of sp³-hybridized carbons (Fsp3) is 0.625. The molecule has 1 unspecified atom stereocenters. The fourth-order valence-corrected chi connectivity index (χ4v) is 0.916. The van der Waals surface area contributed by atoms with Gasteiger partial charge in [-0.25, -0.2) is 4.99 Å². The molecule has 13 heavy (non-hydrogen) atoms. The van der Waals surface area contributed by atoms with Gasteiger partial charge in [-0.15, -0.1) is 11.6 Å². The molecule has 0 saturated carbocycles. The van der Waals surface area contributed by atoms with E-state index in [2.05, 4.69) is 16.9 Å². The normalized spacial score (nSPS) is 14.4. The third-order valence-corrected chi connectivity index (χ3v) is 1.57. The predicted molar refractivity (Wildman–Crippen MR) is 57.5 cm³/mol. The van der Waals surface area contributed by atoms with E-state index < -0.39 is 6.29 Å². The Hall–Kier alpha value is -0.580. The lowest BCUT2D eigenvalue weighted by Gasteiger charge is -2.08. The Morgan fingerprint density at radius 3 is 2.69 bits per heavy atom. The maximum atomic E-state index is 5.79. The first-order valence-electron chi connectivity index (χ1n) is 4.15. The van der Waals surface area contributed by atoms with E-state index in [0.717, 1.165) is 18.7 Å². The second-order valence-corrected chi connectivity index (χ2v) is 3.48. The second-order valence-electron chi connectivity index (χ2n) is 2.73. The molecule has 0 aliphatic heterocycles. The quantitative estimate of drug-likeness (QED) is 0.267. The summed E-state index contributed by atoms with van der Waals surface area (Å²) in [6, 6.07) is 0. The molecule has 1 atom stereocenters. The van der Waals surface area contributed by atoms with Gasteiger partial charge in [0.15, 0.2) is 6.29 Å². The van der Waals surface area contributed by atoms with Crippen molar-refractivity contribution >= 4 is 17.4 Å². The van der Waals surface area contributed by atoms with Gasteiger partial charge in [-0.2, -0.15) is 0 Å². The van der Waals surface area contributed by atoms with Crippen molar-refractivity contribution in [2.24, 2.45) is 16.5 Å². The molecule has 0 aromatic rings. The minimum atomic E-state index is -0.687. The van der Waals surface area contributed by atoms with Crippen molar-refractivity contribution in [2.75, 3.05) is 0 Å². The lowest BCUT2D eigenvalue weighted by molar-refractivity contribution is 0.733. The molecule has 0 bridgehead atoms. The molecule has 0 radical (unpaired) electrons. The molecule has 0 aliphatic carbocycles. The summed E-state index contributed by atoms with van der Waals surface area (Å²) in [6.07, 6.45) is 2.41. The zero-order valence-electron chi connectivity index (χ0n) is 7.83. The molecule has 76 valence electrons. The Bertz CT molecular complexity index is 177. The largest absolute Gasteiger partial charge is 0.351 e. The van der Waals surface area contributed by atoms with Gasteiger partial charge in [0.1, 0.15) is 5.84 Å². The van der Waals surface area contributed by atoms with Crippen LogP contribution >= 0.6 is 11.6 Å². The fourth-order valence-electron chi connectivity index (χ4n) is 0.807. The van der Waals surface area contributed by atoms with Crippen LogP contribution in [0.3, 0.4) is 0 Å². The van der Waals surface area contributed by atoms with Crippen LogP contribution in [0.1, 0.15) is 19.8 Å². The molecule has 0 aromatic carbocycles. The Kier molecular flexibility index (Phi) is 6.58. The van der Waals surface area contributed by atoms with E-state index in [1.165, 1.54) is 0 Å². The van der Waals surface area contributed by atoms with Crippen molar-refractivity contribution in [2.45, 2.75) is 31.4 Å². The van der Waals surface area contributed by atoms with Crippen molar-refractivity contribution in [3.63, 3.8) is 0 Å². The molecule has 0 rings (SSSR count). The highest BCUT2D eigenvalue weighted by molar-refractivity contribution is 6.20. The number of nitrogens with one attached hydrogen (secondary N) is 1. The van der Waals surface area contributed by atoms with Crippen LogP contribution in [0.2, 0.25) is 0 Å². The van der Waals surface area contributed by atoms with Crippen LogP contribution in [0.15, 0.2) is 17.8 Å². The highest BCUT2D eigenvalue weighted by Gasteiger charge is 2.02. The number of amidine groups is 1. The van der Waals surface area contributed by atoms with E-state index in [9.17, 15) is 0 Å². The van der Waals surface area contributed by atoms with Gasteiger partial charge in [-0.1, -0.05) is 6.58 Å². The first-order chi connectivity index (χ1) is 6.06. The van der Waals surface area contributed by atoms with Crippen molar-refractivity contribution in [3.05, 3.63) is 12.8 Å². The van der Waals surface area contributed by atoms with E-state index in [1.54, 1.807) is 6.20 Å². The van der Waals surface area contributed by atoms with Crippen LogP contribution in [-0.2, 0) is 0 Å². The monoisotopic (exact) mass is 204 g/mol. The number of alkyl halides is 1. The number of hydrogen-bond donors (Lipinski definition) is 3. The maximum Gasteiger partial charge on any atom is 0.150 e. The van der Waals surface area contributed by atoms with Crippen molar-refractivity contribution in [3.8, 4) is 0 Å². The Balaban J connectivity index is 4.01. The Morgan fingerprint density at radius 2 is 2.31 bits per heavy atom. The van der Waals surface area contributed by atoms with E-state index in [0.29, 0.717) is 0 Å². The Labute approximate surface area is 84.0 Å². The van der Waals surface area contributed by atoms with Crippen molar-refractivity contribution in [1.29, 1.82) is 0 Å². The van der Waals surface area contributed by atoms with Gasteiger partial charge in [0.05, 0.1) is 0 Å². The molecule has 5 N–H and O–H groups in total. The molecule has 0 spiro atoms. The number of nitrogens with two attached hydrogens (primary N) is 2. The zero-order valence-corrected chi connectivity index (χ0v) is 8.59. The average Bonchev–Trinajstić information content (AvgIpc) is 1.99. The smallest absolute Gasteiger partial charge is 0.150 e. The lowest BCUT2D eigenvalue weighted by atomic mass is 10.2. The highest BCUT2D eigenvalue weighted by atomic mass is 35.5. The SMILES string of the molecule is C=CNC(CCC(C)Cl)=NC(N)N. The minimum Gasteiger partial charge on any atom is -0.351 e. The zero-order chi connectivity index (χ0) is 10.3. The van der Waals surface area contributed by atoms with Gasteiger partial charge >= 0.3 is 0 Å². The number of aliphatic imine (C=N–C) groups is 1. The summed E-state index contributed by atoms with van der Waals surface area (Å²) < 4.78 is 0. The number of nitrogens with zero attached hydrogens (tertiary/aromatic N) is 1. The van der Waals surface area contributed by atoms with Gasteiger partial charge < -0.3 is 5.32 Å². The topological polar surface area (TPSA) is 76.4 Å². The summed E-state index contributed by atoms with van der Waals surface area (Å²) >= 11 is 5.79. The Morgan fingerprint density at radius 1 is 1.69 bits per heavy atom. The van der Waals surface area contributed by atoms with E-state index in [1.807, 2.05) is 6.92 Å². The van der Waals surface area contributed by atoms with Gasteiger partial charge in [0, 0.05) is 11.8 Å². The third kappa shape index (κ3) is 7.77. The molecule has 5 heteroatoms. The van der Waals surface area contributed by atoms with E-state index in [-0.39, 0.29) is 5.38 Å². The number of halogens is 1. The van der Waals surface area contributed by atoms with Gasteiger partial charge in [-0.3, -0.25) is 11.5 Å². The van der Waals surface area contributed by atoms with E-state index >= 15 is 0 Å². The van der Waals surface area contributed by atoms with Crippen LogP contribution in [-0.4, -0.2) is 17.5 Å². The van der Waals surface area contributed by atoms with Crippen molar-refractivity contribution in [1.82, 2.24) is 5.32 Å². The molecule has 0 heterocycles. The molecule has 0 saturated heterocycles. The van der Waals surface area contributed by atoms with E-state index in [4.69, 9.17) is 23.1 Å². The van der Waals surface area contributed by atoms with Crippen LogP contribution in [0, 0.1) is 0 Å². The maximum absolute atomic E-state index is 5.79. The molecule has 0 aromatic heterocycles. The summed E-state index contributed by atoms with van der Waals surface area (Å²) in [4.78, 5) is 3.97. The number of rotatable bonds is 5. The van der Waals surface area contributed by atoms with Crippen LogP contribution in [0.5, 0.6) is 0 Å². The average molecular weight is 205 g/mol. The summed E-state index contributed by atoms with van der Waals surface area (Å²) in [7, 11) is 0. The highest BCUT2D eigenvalue weighted by Crippen LogP contribution is 2.04. The second kappa shape index (κ2) is 6.88. The summed E-state index contributed by atoms with van der Waals surface area (Å²) in [5, 5.41) is 2.98. The molecule has 0 amide bonds. The first kappa shape index (κ1) is 12.4. The lowest BCUT2D eigenvalue weighted by Crippen LogP contribution is -2.32. The summed E-state index contributed by atoms with van der Waals surface area (Å²) in [5.41, 5.74) is 10.6. The summed E-state index contributed by atoms with van der Waals surface area (Å²) in [6.45, 7) is 5.45. The minimum absolute atomic E-state index is 0.116. The molecular weight excluding hydrogens is 188 g/mol. The number of hydrogen-bond acceptors (Lipinski definition) is 3. The van der Waals surface area contributed by atoms with Crippen molar-refractivity contribution < 1.29 is 0 Å². The van der Waals surface area contributed by atoms with Crippen LogP contribution < -0.4 is 16.8 Å². The molecule has 0 aliphatic rings. The molecule has 0 fully saturated rings.